The zero-order valence-corrected chi connectivity index (χ0v) is 19.9. The Hall–Kier alpha value is -3.70. The van der Waals surface area contributed by atoms with Gasteiger partial charge in [0.2, 0.25) is 0 Å². The summed E-state index contributed by atoms with van der Waals surface area (Å²) in [5, 5.41) is 6.55. The van der Waals surface area contributed by atoms with Gasteiger partial charge in [-0.3, -0.25) is 9.59 Å². The molecule has 0 aromatic heterocycles. The monoisotopic (exact) mass is 486 g/mol. The van der Waals surface area contributed by atoms with Gasteiger partial charge in [-0.15, -0.1) is 0 Å². The molecule has 1 aliphatic carbocycles. The van der Waals surface area contributed by atoms with Crippen molar-refractivity contribution in [1.29, 1.82) is 0 Å². The van der Waals surface area contributed by atoms with Crippen LogP contribution in [0.3, 0.4) is 0 Å². The molecule has 0 bridgehead atoms. The molecule has 3 aromatic rings. The molecule has 1 heterocycles. The summed E-state index contributed by atoms with van der Waals surface area (Å²) in [5.41, 5.74) is 4.34. The standard InChI is InChI=1S/C29H24ClFN2O2/c1-17-26(29(35)33-23-13-6-5-12-22(23)31)27(19-10-7-11-21(30)14-19)28-24(32-17)15-20(16-25(28)34)18-8-3-2-4-9-18/h2-14,20,27,32H,15-16H2,1H3,(H,33,35)/t20-,27+/m0/s1. The van der Waals surface area contributed by atoms with Crippen molar-refractivity contribution < 1.29 is 14.0 Å². The van der Waals surface area contributed by atoms with Crippen molar-refractivity contribution in [1.82, 2.24) is 5.32 Å². The van der Waals surface area contributed by atoms with Gasteiger partial charge in [0.25, 0.3) is 5.91 Å². The molecule has 2 atom stereocenters. The zero-order valence-electron chi connectivity index (χ0n) is 19.1. The van der Waals surface area contributed by atoms with Gasteiger partial charge in [0.05, 0.1) is 5.69 Å². The van der Waals surface area contributed by atoms with Gasteiger partial charge in [0.15, 0.2) is 5.78 Å². The Balaban J connectivity index is 1.58. The minimum Gasteiger partial charge on any atom is -0.362 e. The van der Waals surface area contributed by atoms with E-state index in [1.165, 1.54) is 12.1 Å². The van der Waals surface area contributed by atoms with Gasteiger partial charge < -0.3 is 10.6 Å². The van der Waals surface area contributed by atoms with Gasteiger partial charge >= 0.3 is 0 Å². The molecule has 6 heteroatoms. The first kappa shape index (κ1) is 23.1. The van der Waals surface area contributed by atoms with Crippen molar-refractivity contribution in [2.45, 2.75) is 31.6 Å². The lowest BCUT2D eigenvalue weighted by Gasteiger charge is -2.37. The third-order valence-electron chi connectivity index (χ3n) is 6.65. The maximum atomic E-state index is 14.3. The quantitative estimate of drug-likeness (QED) is 0.443. The fraction of sp³-hybridized carbons (Fsp3) is 0.172. The van der Waals surface area contributed by atoms with Gasteiger partial charge in [-0.1, -0.05) is 66.2 Å². The van der Waals surface area contributed by atoms with Gasteiger partial charge in [-0.25, -0.2) is 4.39 Å². The second-order valence-corrected chi connectivity index (χ2v) is 9.35. The maximum absolute atomic E-state index is 14.3. The maximum Gasteiger partial charge on any atom is 0.254 e. The molecular formula is C29H24ClFN2O2. The Bertz CT molecular complexity index is 1380. The van der Waals surface area contributed by atoms with E-state index in [0.717, 1.165) is 16.8 Å². The number of ketones is 1. The van der Waals surface area contributed by atoms with Crippen molar-refractivity contribution in [2.75, 3.05) is 5.32 Å². The summed E-state index contributed by atoms with van der Waals surface area (Å²) < 4.78 is 14.3. The van der Waals surface area contributed by atoms with Gasteiger partial charge in [-0.05, 0) is 54.7 Å². The average molecular weight is 487 g/mol. The van der Waals surface area contributed by atoms with Crippen LogP contribution in [0.2, 0.25) is 5.02 Å². The Labute approximate surface area is 208 Å². The summed E-state index contributed by atoms with van der Waals surface area (Å²) in [5.74, 6) is -1.56. The first-order chi connectivity index (χ1) is 16.9. The number of Topliss-reactive ketones (excluding diaryl/α,β-unsaturated/α-hetero) is 1. The Morgan fingerprint density at radius 2 is 1.69 bits per heavy atom. The van der Waals surface area contributed by atoms with Crippen LogP contribution in [-0.2, 0) is 9.59 Å². The summed E-state index contributed by atoms with van der Waals surface area (Å²) >= 11 is 6.31. The van der Waals surface area contributed by atoms with Crippen molar-refractivity contribution in [3.05, 3.63) is 123 Å². The molecule has 2 aliphatic rings. The highest BCUT2D eigenvalue weighted by Crippen LogP contribution is 2.46. The summed E-state index contributed by atoms with van der Waals surface area (Å²) in [4.78, 5) is 27.1. The fourth-order valence-electron chi connectivity index (χ4n) is 5.07. The summed E-state index contributed by atoms with van der Waals surface area (Å²) in [6, 6.07) is 23.2. The molecule has 3 aromatic carbocycles. The van der Waals surface area contributed by atoms with E-state index in [2.05, 4.69) is 10.6 Å². The topological polar surface area (TPSA) is 58.2 Å². The molecule has 35 heavy (non-hydrogen) atoms. The lowest BCUT2D eigenvalue weighted by Crippen LogP contribution is -2.37. The van der Waals surface area contributed by atoms with Crippen molar-refractivity contribution in [3.63, 3.8) is 0 Å². The number of allylic oxidation sites excluding steroid dienone is 3. The molecule has 5 rings (SSSR count). The minimum atomic E-state index is -0.610. The normalized spacial score (nSPS) is 19.8. The van der Waals surface area contributed by atoms with Crippen LogP contribution in [0, 0.1) is 5.82 Å². The lowest BCUT2D eigenvalue weighted by molar-refractivity contribution is -0.116. The Morgan fingerprint density at radius 1 is 0.971 bits per heavy atom. The molecule has 1 aliphatic heterocycles. The summed E-state index contributed by atoms with van der Waals surface area (Å²) in [6.07, 6.45) is 1.00. The molecule has 0 saturated carbocycles. The Morgan fingerprint density at radius 3 is 2.43 bits per heavy atom. The predicted octanol–water partition coefficient (Wildman–Crippen LogP) is 6.48. The molecule has 1 amide bonds. The number of hydrogen-bond donors (Lipinski definition) is 2. The van der Waals surface area contributed by atoms with Crippen LogP contribution in [0.4, 0.5) is 10.1 Å². The molecule has 0 spiro atoms. The molecule has 176 valence electrons. The van der Waals surface area contributed by atoms with Crippen molar-refractivity contribution in [2.24, 2.45) is 0 Å². The minimum absolute atomic E-state index is 0.0127. The number of benzene rings is 3. The van der Waals surface area contributed by atoms with Gasteiger partial charge in [-0.2, -0.15) is 0 Å². The third-order valence-corrected chi connectivity index (χ3v) is 6.88. The highest BCUT2D eigenvalue weighted by atomic mass is 35.5. The van der Waals surface area contributed by atoms with Crippen LogP contribution >= 0.6 is 11.6 Å². The van der Waals surface area contributed by atoms with Gasteiger partial charge in [0, 0.05) is 39.9 Å². The molecule has 0 unspecified atom stereocenters. The van der Waals surface area contributed by atoms with E-state index in [-0.39, 0.29) is 17.4 Å². The van der Waals surface area contributed by atoms with Crippen LogP contribution in [0.5, 0.6) is 0 Å². The second kappa shape index (κ2) is 9.51. The first-order valence-electron chi connectivity index (χ1n) is 11.5. The van der Waals surface area contributed by atoms with Crippen LogP contribution in [0.15, 0.2) is 101 Å². The lowest BCUT2D eigenvalue weighted by atomic mass is 9.71. The van der Waals surface area contributed by atoms with Crippen LogP contribution < -0.4 is 10.6 Å². The molecule has 0 saturated heterocycles. The highest BCUT2D eigenvalue weighted by molar-refractivity contribution is 6.30. The number of hydrogen-bond acceptors (Lipinski definition) is 3. The average Bonchev–Trinajstić information content (AvgIpc) is 2.85. The van der Waals surface area contributed by atoms with E-state index >= 15 is 0 Å². The first-order valence-corrected chi connectivity index (χ1v) is 11.9. The molecule has 4 nitrogen and oxygen atoms in total. The SMILES string of the molecule is CC1=C(C(=O)Nc2ccccc2F)[C@@H](c2cccc(Cl)c2)C2=C(C[C@H](c3ccccc3)CC2=O)N1. The number of carbonyl (C=O) groups excluding carboxylic acids is 2. The predicted molar refractivity (Wildman–Crippen MR) is 136 cm³/mol. The van der Waals surface area contributed by atoms with E-state index in [9.17, 15) is 14.0 Å². The molecular weight excluding hydrogens is 463 g/mol. The second-order valence-electron chi connectivity index (χ2n) is 8.92. The Kier molecular flexibility index (Phi) is 6.27. The van der Waals surface area contributed by atoms with Crippen LogP contribution in [-0.4, -0.2) is 11.7 Å². The van der Waals surface area contributed by atoms with E-state index in [4.69, 9.17) is 11.6 Å². The number of carbonyl (C=O) groups is 2. The molecule has 0 radical (unpaired) electrons. The number of anilines is 1. The van der Waals surface area contributed by atoms with Gasteiger partial charge in [0.1, 0.15) is 5.82 Å². The number of halogens is 2. The largest absolute Gasteiger partial charge is 0.362 e. The van der Waals surface area contributed by atoms with Crippen LogP contribution in [0.1, 0.15) is 42.7 Å². The third kappa shape index (κ3) is 4.52. The van der Waals surface area contributed by atoms with Crippen molar-refractivity contribution in [3.8, 4) is 0 Å². The number of para-hydroxylation sites is 1. The highest BCUT2D eigenvalue weighted by Gasteiger charge is 2.41. The number of amides is 1. The molecule has 0 fully saturated rings. The molecule has 2 N–H and O–H groups in total. The summed E-state index contributed by atoms with van der Waals surface area (Å²) in [7, 11) is 0. The number of nitrogens with one attached hydrogen (secondary N) is 2. The zero-order chi connectivity index (χ0) is 24.5. The van der Waals surface area contributed by atoms with E-state index in [0.29, 0.717) is 34.7 Å². The summed E-state index contributed by atoms with van der Waals surface area (Å²) in [6.45, 7) is 1.81. The van der Waals surface area contributed by atoms with E-state index < -0.39 is 17.6 Å². The fourth-order valence-corrected chi connectivity index (χ4v) is 5.27. The number of dihydropyridines is 1. The van der Waals surface area contributed by atoms with E-state index in [1.807, 2.05) is 49.4 Å². The smallest absolute Gasteiger partial charge is 0.254 e. The van der Waals surface area contributed by atoms with E-state index in [1.54, 1.807) is 24.3 Å². The van der Waals surface area contributed by atoms with Crippen molar-refractivity contribution >= 4 is 29.0 Å². The van der Waals surface area contributed by atoms with Crippen LogP contribution in [0.25, 0.3) is 0 Å². The number of rotatable bonds is 4.